The Labute approximate surface area is 189 Å². The van der Waals surface area contributed by atoms with Gasteiger partial charge in [0.15, 0.2) is 5.11 Å². The van der Waals surface area contributed by atoms with Crippen LogP contribution in [0.3, 0.4) is 0 Å². The molecule has 0 radical (unpaired) electrons. The number of nitrogens with zero attached hydrogens (tertiary/aromatic N) is 2. The molecule has 162 valence electrons. The SMILES string of the molecule is FC(F)Oc1ccccc1NC(=S)NCc1cn(-c2ccccc2)nc1-c1ccccc1. The van der Waals surface area contributed by atoms with Crippen LogP contribution in [-0.2, 0) is 6.54 Å². The number of benzene rings is 3. The first-order valence-electron chi connectivity index (χ1n) is 9.88. The van der Waals surface area contributed by atoms with Gasteiger partial charge in [-0.15, -0.1) is 0 Å². The first kappa shape index (κ1) is 21.5. The average molecular weight is 451 g/mol. The quantitative estimate of drug-likeness (QED) is 0.358. The van der Waals surface area contributed by atoms with Crippen molar-refractivity contribution in [3.05, 3.63) is 96.7 Å². The summed E-state index contributed by atoms with van der Waals surface area (Å²) in [5, 5.41) is 11.1. The van der Waals surface area contributed by atoms with Crippen molar-refractivity contribution in [2.75, 3.05) is 5.32 Å². The molecule has 1 heterocycles. The summed E-state index contributed by atoms with van der Waals surface area (Å²) in [4.78, 5) is 0. The number of anilines is 1. The van der Waals surface area contributed by atoms with Gasteiger partial charge in [0.25, 0.3) is 0 Å². The fraction of sp³-hybridized carbons (Fsp3) is 0.0833. The lowest BCUT2D eigenvalue weighted by molar-refractivity contribution is -0.0493. The van der Waals surface area contributed by atoms with Crippen LogP contribution in [0.25, 0.3) is 16.9 Å². The van der Waals surface area contributed by atoms with E-state index in [-0.39, 0.29) is 10.9 Å². The first-order valence-corrected chi connectivity index (χ1v) is 10.3. The molecule has 8 heteroatoms. The van der Waals surface area contributed by atoms with Gasteiger partial charge >= 0.3 is 6.61 Å². The summed E-state index contributed by atoms with van der Waals surface area (Å²) in [6, 6.07) is 26.1. The van der Waals surface area contributed by atoms with Gasteiger partial charge in [-0.05, 0) is 36.5 Å². The Morgan fingerprint density at radius 3 is 2.31 bits per heavy atom. The fourth-order valence-electron chi connectivity index (χ4n) is 3.20. The summed E-state index contributed by atoms with van der Waals surface area (Å²) >= 11 is 5.38. The molecule has 0 atom stereocenters. The van der Waals surface area contributed by atoms with Crippen LogP contribution in [0.15, 0.2) is 91.1 Å². The van der Waals surface area contributed by atoms with Crippen LogP contribution in [0.4, 0.5) is 14.5 Å². The minimum absolute atomic E-state index is 0.0218. The number of aromatic nitrogens is 2. The van der Waals surface area contributed by atoms with Gasteiger partial charge in [-0.25, -0.2) is 4.68 Å². The van der Waals surface area contributed by atoms with Crippen LogP contribution in [-0.4, -0.2) is 21.5 Å². The molecule has 0 spiro atoms. The third-order valence-electron chi connectivity index (χ3n) is 4.65. The van der Waals surface area contributed by atoms with Crippen molar-refractivity contribution in [1.82, 2.24) is 15.1 Å². The Morgan fingerprint density at radius 2 is 1.59 bits per heavy atom. The molecule has 0 saturated heterocycles. The molecule has 0 aliphatic rings. The van der Waals surface area contributed by atoms with Crippen LogP contribution in [0.1, 0.15) is 5.56 Å². The minimum Gasteiger partial charge on any atom is -0.433 e. The molecule has 1 aromatic heterocycles. The van der Waals surface area contributed by atoms with Crippen molar-refractivity contribution < 1.29 is 13.5 Å². The summed E-state index contributed by atoms with van der Waals surface area (Å²) in [5.74, 6) is 0.0218. The molecule has 0 saturated carbocycles. The normalized spacial score (nSPS) is 10.7. The van der Waals surface area contributed by atoms with E-state index in [1.54, 1.807) is 18.2 Å². The van der Waals surface area contributed by atoms with Gasteiger partial charge in [-0.3, -0.25) is 0 Å². The van der Waals surface area contributed by atoms with E-state index in [4.69, 9.17) is 17.3 Å². The lowest BCUT2D eigenvalue weighted by Gasteiger charge is -2.14. The van der Waals surface area contributed by atoms with Gasteiger partial charge in [0.1, 0.15) is 5.75 Å². The second-order valence-electron chi connectivity index (χ2n) is 6.83. The predicted molar refractivity (Wildman–Crippen MR) is 125 cm³/mol. The standard InChI is InChI=1S/C24H20F2N4OS/c25-23(26)31-21-14-8-7-13-20(21)28-24(32)27-15-18-16-30(19-11-5-2-6-12-19)29-22(18)17-9-3-1-4-10-17/h1-14,16,23H,15H2,(H2,27,28,32). The summed E-state index contributed by atoms with van der Waals surface area (Å²) in [7, 11) is 0. The molecule has 0 aliphatic heterocycles. The topological polar surface area (TPSA) is 51.1 Å². The summed E-state index contributed by atoms with van der Waals surface area (Å²) < 4.78 is 31.7. The van der Waals surface area contributed by atoms with E-state index in [0.717, 1.165) is 22.5 Å². The number of ether oxygens (including phenoxy) is 1. The first-order chi connectivity index (χ1) is 15.6. The van der Waals surface area contributed by atoms with Crippen molar-refractivity contribution in [3.63, 3.8) is 0 Å². The van der Waals surface area contributed by atoms with E-state index < -0.39 is 6.61 Å². The van der Waals surface area contributed by atoms with Gasteiger partial charge in [0.2, 0.25) is 0 Å². The van der Waals surface area contributed by atoms with Crippen LogP contribution >= 0.6 is 12.2 Å². The fourth-order valence-corrected chi connectivity index (χ4v) is 3.38. The Morgan fingerprint density at radius 1 is 0.938 bits per heavy atom. The number of para-hydroxylation sites is 3. The highest BCUT2D eigenvalue weighted by Crippen LogP contribution is 2.26. The van der Waals surface area contributed by atoms with Gasteiger partial charge in [-0.2, -0.15) is 13.9 Å². The third-order valence-corrected chi connectivity index (χ3v) is 4.90. The van der Waals surface area contributed by atoms with Crippen molar-refractivity contribution in [3.8, 4) is 22.7 Å². The van der Waals surface area contributed by atoms with Gasteiger partial charge in [0.05, 0.1) is 17.1 Å². The molecule has 32 heavy (non-hydrogen) atoms. The van der Waals surface area contributed by atoms with E-state index in [0.29, 0.717) is 12.2 Å². The number of rotatable bonds is 7. The van der Waals surface area contributed by atoms with Crippen molar-refractivity contribution in [2.45, 2.75) is 13.2 Å². The zero-order valence-electron chi connectivity index (χ0n) is 16.9. The van der Waals surface area contributed by atoms with Crippen molar-refractivity contribution in [2.24, 2.45) is 0 Å². The molecule has 3 aromatic carbocycles. The largest absolute Gasteiger partial charge is 0.433 e. The molecular formula is C24H20F2N4OS. The highest BCUT2D eigenvalue weighted by atomic mass is 32.1. The maximum Gasteiger partial charge on any atom is 0.387 e. The Hall–Kier alpha value is -3.78. The molecule has 2 N–H and O–H groups in total. The second-order valence-corrected chi connectivity index (χ2v) is 7.24. The van der Waals surface area contributed by atoms with Crippen LogP contribution in [0.2, 0.25) is 0 Å². The predicted octanol–water partition coefficient (Wildman–Crippen LogP) is 5.63. The number of hydrogen-bond donors (Lipinski definition) is 2. The maximum absolute atomic E-state index is 12.6. The Balaban J connectivity index is 1.53. The molecule has 0 unspecified atom stereocenters. The van der Waals surface area contributed by atoms with Gasteiger partial charge in [0, 0.05) is 23.9 Å². The molecule has 0 amide bonds. The number of halogens is 2. The second kappa shape index (κ2) is 10.0. The zero-order valence-corrected chi connectivity index (χ0v) is 17.7. The Bertz CT molecular complexity index is 1180. The zero-order chi connectivity index (χ0) is 22.3. The smallest absolute Gasteiger partial charge is 0.387 e. The monoisotopic (exact) mass is 450 g/mol. The van der Waals surface area contributed by atoms with Crippen LogP contribution in [0, 0.1) is 0 Å². The van der Waals surface area contributed by atoms with E-state index >= 15 is 0 Å². The summed E-state index contributed by atoms with van der Waals surface area (Å²) in [6.07, 6.45) is 1.95. The number of nitrogens with one attached hydrogen (secondary N) is 2. The molecule has 0 bridgehead atoms. The lowest BCUT2D eigenvalue weighted by atomic mass is 10.1. The van der Waals surface area contributed by atoms with E-state index in [1.807, 2.05) is 71.5 Å². The van der Waals surface area contributed by atoms with Crippen molar-refractivity contribution in [1.29, 1.82) is 0 Å². The lowest BCUT2D eigenvalue weighted by Crippen LogP contribution is -2.28. The molecule has 4 rings (SSSR count). The van der Waals surface area contributed by atoms with Crippen LogP contribution in [0.5, 0.6) is 5.75 Å². The van der Waals surface area contributed by atoms with E-state index in [2.05, 4.69) is 15.4 Å². The van der Waals surface area contributed by atoms with E-state index in [9.17, 15) is 8.78 Å². The number of hydrogen-bond acceptors (Lipinski definition) is 3. The highest BCUT2D eigenvalue weighted by molar-refractivity contribution is 7.80. The summed E-state index contributed by atoms with van der Waals surface area (Å²) in [6.45, 7) is -2.53. The summed E-state index contributed by atoms with van der Waals surface area (Å²) in [5.41, 5.74) is 4.03. The van der Waals surface area contributed by atoms with Gasteiger partial charge < -0.3 is 15.4 Å². The molecule has 0 aliphatic carbocycles. The molecule has 5 nitrogen and oxygen atoms in total. The molecule has 4 aromatic rings. The minimum atomic E-state index is -2.92. The Kier molecular flexibility index (Phi) is 6.72. The number of thiocarbonyl (C=S) groups is 1. The maximum atomic E-state index is 12.6. The highest BCUT2D eigenvalue weighted by Gasteiger charge is 2.14. The molecular weight excluding hydrogens is 430 g/mol. The van der Waals surface area contributed by atoms with E-state index in [1.165, 1.54) is 6.07 Å². The number of alkyl halides is 2. The molecule has 0 fully saturated rings. The van der Waals surface area contributed by atoms with Crippen molar-refractivity contribution >= 4 is 23.0 Å². The van der Waals surface area contributed by atoms with Crippen LogP contribution < -0.4 is 15.4 Å². The third kappa shape index (κ3) is 5.28. The van der Waals surface area contributed by atoms with Gasteiger partial charge in [-0.1, -0.05) is 60.7 Å². The average Bonchev–Trinajstić information content (AvgIpc) is 3.24.